The smallest absolute Gasteiger partial charge is 0.277 e. The number of aryl methyl sites for hydroxylation is 1. The molecule has 3 aromatic carbocycles. The van der Waals surface area contributed by atoms with Gasteiger partial charge in [-0.3, -0.25) is 14.8 Å². The van der Waals surface area contributed by atoms with E-state index in [9.17, 15) is 4.79 Å². The molecule has 0 spiro atoms. The summed E-state index contributed by atoms with van der Waals surface area (Å²) < 4.78 is 12.0. The van der Waals surface area contributed by atoms with Crippen LogP contribution in [0.25, 0.3) is 11.3 Å². The predicted molar refractivity (Wildman–Crippen MR) is 131 cm³/mol. The Morgan fingerprint density at radius 2 is 1.64 bits per heavy atom. The van der Waals surface area contributed by atoms with Gasteiger partial charge in [0.25, 0.3) is 5.91 Å². The molecule has 7 heteroatoms. The molecule has 0 saturated heterocycles. The molecule has 166 valence electrons. The molecule has 2 heterocycles. The molecule has 33 heavy (non-hydrogen) atoms. The second-order valence-electron chi connectivity index (χ2n) is 7.90. The number of aromatic nitrogens is 2. The van der Waals surface area contributed by atoms with Crippen LogP contribution in [0.2, 0.25) is 0 Å². The van der Waals surface area contributed by atoms with Gasteiger partial charge >= 0.3 is 0 Å². The van der Waals surface area contributed by atoms with Crippen LogP contribution in [-0.4, -0.2) is 30.3 Å². The van der Waals surface area contributed by atoms with Gasteiger partial charge in [0.1, 0.15) is 5.69 Å². The summed E-state index contributed by atoms with van der Waals surface area (Å²) in [6.45, 7) is 2.03. The summed E-state index contributed by atoms with van der Waals surface area (Å²) in [6.07, 6.45) is 0. The summed E-state index contributed by atoms with van der Waals surface area (Å²) in [5.74, 6) is 1.12. The fraction of sp³-hybridized carbons (Fsp3) is 0.154. The van der Waals surface area contributed by atoms with Crippen molar-refractivity contribution in [3.63, 3.8) is 0 Å². The van der Waals surface area contributed by atoms with E-state index in [0.717, 1.165) is 38.1 Å². The van der Waals surface area contributed by atoms with Crippen LogP contribution in [0.5, 0.6) is 11.5 Å². The van der Waals surface area contributed by atoms with Crippen molar-refractivity contribution >= 4 is 27.5 Å². The summed E-state index contributed by atoms with van der Waals surface area (Å²) in [4.78, 5) is 15.4. The lowest BCUT2D eigenvalue weighted by Crippen LogP contribution is -2.29. The zero-order chi connectivity index (χ0) is 23.1. The third-order valence-corrected chi connectivity index (χ3v) is 6.45. The van der Waals surface area contributed by atoms with Gasteiger partial charge in [0.2, 0.25) is 0 Å². The van der Waals surface area contributed by atoms with Crippen LogP contribution in [0.3, 0.4) is 0 Å². The molecule has 0 saturated carbocycles. The molecule has 1 amide bonds. The van der Waals surface area contributed by atoms with Crippen molar-refractivity contribution in [2.24, 2.45) is 0 Å². The first-order valence-electron chi connectivity index (χ1n) is 10.5. The number of halogens is 1. The average Bonchev–Trinajstić information content (AvgIpc) is 3.39. The Kier molecular flexibility index (Phi) is 5.42. The molecule has 0 aliphatic carbocycles. The lowest BCUT2D eigenvalue weighted by molar-refractivity contribution is 0.0988. The first-order valence-corrected chi connectivity index (χ1v) is 11.3. The van der Waals surface area contributed by atoms with Gasteiger partial charge in [0.05, 0.1) is 26.0 Å². The van der Waals surface area contributed by atoms with Crippen molar-refractivity contribution < 1.29 is 14.3 Å². The van der Waals surface area contributed by atoms with Gasteiger partial charge in [0, 0.05) is 21.3 Å². The summed E-state index contributed by atoms with van der Waals surface area (Å²) >= 11 is 3.49. The van der Waals surface area contributed by atoms with Gasteiger partial charge in [-0.1, -0.05) is 51.8 Å². The molecule has 0 radical (unpaired) electrons. The van der Waals surface area contributed by atoms with Crippen LogP contribution in [0.15, 0.2) is 71.2 Å². The third-order valence-electron chi connectivity index (χ3n) is 5.92. The van der Waals surface area contributed by atoms with Crippen LogP contribution in [0, 0.1) is 6.92 Å². The van der Waals surface area contributed by atoms with Gasteiger partial charge in [-0.2, -0.15) is 5.10 Å². The van der Waals surface area contributed by atoms with Crippen molar-refractivity contribution in [3.05, 3.63) is 93.6 Å². The minimum atomic E-state index is -0.382. The number of amides is 1. The highest BCUT2D eigenvalue weighted by Gasteiger charge is 2.43. The Morgan fingerprint density at radius 3 is 2.30 bits per heavy atom. The topological polar surface area (TPSA) is 67.5 Å². The lowest BCUT2D eigenvalue weighted by atomic mass is 9.95. The zero-order valence-corrected chi connectivity index (χ0v) is 20.0. The summed E-state index contributed by atoms with van der Waals surface area (Å²) in [6, 6.07) is 21.3. The van der Waals surface area contributed by atoms with Crippen molar-refractivity contribution in [3.8, 4) is 22.8 Å². The molecule has 1 aromatic heterocycles. The second kappa shape index (κ2) is 8.41. The van der Waals surface area contributed by atoms with E-state index < -0.39 is 0 Å². The highest BCUT2D eigenvalue weighted by Crippen LogP contribution is 2.46. The summed E-state index contributed by atoms with van der Waals surface area (Å²) in [5, 5.41) is 7.54. The molecule has 6 nitrogen and oxygen atoms in total. The lowest BCUT2D eigenvalue weighted by Gasteiger charge is -2.27. The number of nitrogens with one attached hydrogen (secondary N) is 1. The number of hydrogen-bond donors (Lipinski definition) is 1. The van der Waals surface area contributed by atoms with Crippen molar-refractivity contribution in [2.75, 3.05) is 19.1 Å². The Bertz CT molecular complexity index is 1330. The van der Waals surface area contributed by atoms with Crippen molar-refractivity contribution in [1.29, 1.82) is 0 Å². The van der Waals surface area contributed by atoms with Gasteiger partial charge in [-0.15, -0.1) is 0 Å². The first-order chi connectivity index (χ1) is 16.0. The number of H-pyrrole nitrogens is 1. The van der Waals surface area contributed by atoms with E-state index in [1.165, 1.54) is 0 Å². The number of rotatable bonds is 5. The second-order valence-corrected chi connectivity index (χ2v) is 8.81. The standard InChI is InChI=1S/C26H22BrN3O3/c1-15-4-11-19(12-5-15)30-25(17-8-13-20(32-2)21(14-17)33-3)22-23(28-29-24(22)26(30)31)16-6-9-18(27)10-7-16/h4-14,25H,1-3H3,(H,28,29)/t25-/m0/s1. The van der Waals surface area contributed by atoms with Crippen LogP contribution >= 0.6 is 15.9 Å². The molecule has 4 aromatic rings. The number of fused-ring (bicyclic) bond motifs is 1. The van der Waals surface area contributed by atoms with E-state index in [0.29, 0.717) is 17.2 Å². The molecular formula is C26H22BrN3O3. The maximum atomic E-state index is 13.6. The van der Waals surface area contributed by atoms with Crippen molar-refractivity contribution in [1.82, 2.24) is 10.2 Å². The van der Waals surface area contributed by atoms with Crippen molar-refractivity contribution in [2.45, 2.75) is 13.0 Å². The third kappa shape index (κ3) is 3.58. The van der Waals surface area contributed by atoms with E-state index in [4.69, 9.17) is 9.47 Å². The van der Waals surface area contributed by atoms with Gasteiger partial charge in [-0.05, 0) is 48.9 Å². The van der Waals surface area contributed by atoms with E-state index in [1.54, 1.807) is 14.2 Å². The molecule has 5 rings (SSSR count). The normalized spacial score (nSPS) is 15.0. The first kappa shape index (κ1) is 21.3. The summed E-state index contributed by atoms with van der Waals surface area (Å²) in [5.41, 5.74) is 5.86. The maximum Gasteiger partial charge on any atom is 0.277 e. The maximum absolute atomic E-state index is 13.6. The number of carbonyl (C=O) groups is 1. The number of anilines is 1. The fourth-order valence-electron chi connectivity index (χ4n) is 4.28. The largest absolute Gasteiger partial charge is 0.493 e. The Hall–Kier alpha value is -3.58. The monoisotopic (exact) mass is 503 g/mol. The highest BCUT2D eigenvalue weighted by atomic mass is 79.9. The minimum Gasteiger partial charge on any atom is -0.493 e. The minimum absolute atomic E-state index is 0.121. The zero-order valence-electron chi connectivity index (χ0n) is 18.4. The molecule has 0 fully saturated rings. The van der Waals surface area contributed by atoms with Gasteiger partial charge in [-0.25, -0.2) is 0 Å². The molecule has 1 aliphatic rings. The molecule has 1 atom stereocenters. The quantitative estimate of drug-likeness (QED) is 0.367. The number of carbonyl (C=O) groups excluding carboxylic acids is 1. The molecular weight excluding hydrogens is 482 g/mol. The van der Waals surface area contributed by atoms with E-state index >= 15 is 0 Å². The number of nitrogens with zero attached hydrogens (tertiary/aromatic N) is 2. The van der Waals surface area contributed by atoms with Crippen LogP contribution in [-0.2, 0) is 0 Å². The summed E-state index contributed by atoms with van der Waals surface area (Å²) in [7, 11) is 3.21. The van der Waals surface area contributed by atoms with E-state index in [2.05, 4.69) is 26.1 Å². The number of methoxy groups -OCH3 is 2. The number of ether oxygens (including phenoxy) is 2. The van der Waals surface area contributed by atoms with Crippen LogP contribution in [0.1, 0.15) is 33.2 Å². The van der Waals surface area contributed by atoms with E-state index in [1.807, 2.05) is 78.6 Å². The number of benzene rings is 3. The van der Waals surface area contributed by atoms with Crippen LogP contribution < -0.4 is 14.4 Å². The molecule has 0 unspecified atom stereocenters. The molecule has 0 bridgehead atoms. The van der Waals surface area contributed by atoms with Gasteiger partial charge < -0.3 is 9.47 Å². The highest BCUT2D eigenvalue weighted by molar-refractivity contribution is 9.10. The fourth-order valence-corrected chi connectivity index (χ4v) is 4.55. The molecule has 1 aliphatic heterocycles. The number of hydrogen-bond acceptors (Lipinski definition) is 4. The molecule has 1 N–H and O–H groups in total. The SMILES string of the molecule is COc1ccc([C@H]2c3c(-c4ccc(Br)cc4)n[nH]c3C(=O)N2c2ccc(C)cc2)cc1OC. The Labute approximate surface area is 200 Å². The van der Waals surface area contributed by atoms with E-state index in [-0.39, 0.29) is 11.9 Å². The van der Waals surface area contributed by atoms with Gasteiger partial charge in [0.15, 0.2) is 11.5 Å². The van der Waals surface area contributed by atoms with Crippen LogP contribution in [0.4, 0.5) is 5.69 Å². The average molecular weight is 504 g/mol. The Morgan fingerprint density at radius 1 is 0.939 bits per heavy atom. The Balaban J connectivity index is 1.72. The number of aromatic amines is 1. The predicted octanol–water partition coefficient (Wildman–Crippen LogP) is 5.91.